The lowest BCUT2D eigenvalue weighted by atomic mass is 10.1. The maximum atomic E-state index is 11.9. The van der Waals surface area contributed by atoms with Gasteiger partial charge < -0.3 is 15.5 Å². The molecule has 2 saturated heterocycles. The number of anilines is 1. The van der Waals surface area contributed by atoms with Gasteiger partial charge in [0.05, 0.1) is 18.4 Å². The number of amides is 4. The molecule has 10 heteroatoms. The van der Waals surface area contributed by atoms with E-state index >= 15 is 0 Å². The van der Waals surface area contributed by atoms with Gasteiger partial charge in [-0.25, -0.2) is 9.48 Å². The third-order valence-corrected chi connectivity index (χ3v) is 4.43. The van der Waals surface area contributed by atoms with Gasteiger partial charge >= 0.3 is 6.03 Å². The summed E-state index contributed by atoms with van der Waals surface area (Å²) < 4.78 is 1.27. The predicted molar refractivity (Wildman–Crippen MR) is 87.9 cm³/mol. The van der Waals surface area contributed by atoms with Gasteiger partial charge in [-0.15, -0.1) is 0 Å². The number of carbonyl (C=O) groups is 3. The van der Waals surface area contributed by atoms with Gasteiger partial charge in [-0.1, -0.05) is 0 Å². The van der Waals surface area contributed by atoms with E-state index in [0.29, 0.717) is 13.1 Å². The van der Waals surface area contributed by atoms with Gasteiger partial charge in [0.25, 0.3) is 11.5 Å². The Morgan fingerprint density at radius 1 is 1.40 bits per heavy atom. The number of urea groups is 1. The van der Waals surface area contributed by atoms with Gasteiger partial charge in [0.1, 0.15) is 6.54 Å². The Kier molecular flexibility index (Phi) is 4.68. The second-order valence-corrected chi connectivity index (χ2v) is 6.22. The van der Waals surface area contributed by atoms with Crippen LogP contribution < -0.4 is 21.1 Å². The summed E-state index contributed by atoms with van der Waals surface area (Å²) in [6.07, 6.45) is 2.53. The highest BCUT2D eigenvalue weighted by Crippen LogP contribution is 2.21. The smallest absolute Gasteiger partial charge is 0.325 e. The van der Waals surface area contributed by atoms with Crippen LogP contribution in [0.4, 0.5) is 10.5 Å². The van der Waals surface area contributed by atoms with Crippen molar-refractivity contribution in [1.29, 1.82) is 0 Å². The van der Waals surface area contributed by atoms with Crippen molar-refractivity contribution < 1.29 is 14.4 Å². The molecule has 2 fully saturated rings. The van der Waals surface area contributed by atoms with E-state index in [-0.39, 0.29) is 30.5 Å². The lowest BCUT2D eigenvalue weighted by Crippen LogP contribution is -2.42. The van der Waals surface area contributed by atoms with Crippen LogP contribution in [0.2, 0.25) is 0 Å². The number of nitrogens with one attached hydrogen (secondary N) is 2. The summed E-state index contributed by atoms with van der Waals surface area (Å²) in [4.78, 5) is 49.4. The minimum atomic E-state index is -0.537. The third-order valence-electron chi connectivity index (χ3n) is 4.43. The molecule has 0 radical (unpaired) electrons. The van der Waals surface area contributed by atoms with E-state index in [1.807, 2.05) is 0 Å². The molecule has 1 aromatic heterocycles. The molecule has 0 bridgehead atoms. The molecule has 2 N–H and O–H groups in total. The number of rotatable bonds is 5. The summed E-state index contributed by atoms with van der Waals surface area (Å²) >= 11 is 0. The molecule has 2 aliphatic heterocycles. The molecule has 3 heterocycles. The molecular formula is C15H20N6O4. The van der Waals surface area contributed by atoms with Crippen LogP contribution in [0, 0.1) is 5.92 Å². The van der Waals surface area contributed by atoms with Gasteiger partial charge in [-0.3, -0.25) is 19.3 Å². The molecule has 0 aliphatic carbocycles. The van der Waals surface area contributed by atoms with Gasteiger partial charge in [0.15, 0.2) is 0 Å². The Morgan fingerprint density at radius 2 is 2.20 bits per heavy atom. The van der Waals surface area contributed by atoms with Crippen molar-refractivity contribution in [3.63, 3.8) is 0 Å². The Labute approximate surface area is 143 Å². The second kappa shape index (κ2) is 6.91. The number of aromatic nitrogens is 2. The van der Waals surface area contributed by atoms with Crippen molar-refractivity contribution >= 4 is 23.5 Å². The first-order chi connectivity index (χ1) is 11.9. The minimum absolute atomic E-state index is 0.0612. The van der Waals surface area contributed by atoms with Crippen LogP contribution in [0.5, 0.6) is 0 Å². The molecule has 134 valence electrons. The lowest BCUT2D eigenvalue weighted by molar-refractivity contribution is -0.130. The molecule has 0 aromatic carbocycles. The van der Waals surface area contributed by atoms with E-state index in [4.69, 9.17) is 0 Å². The van der Waals surface area contributed by atoms with E-state index in [9.17, 15) is 19.2 Å². The van der Waals surface area contributed by atoms with E-state index in [2.05, 4.69) is 20.6 Å². The average Bonchev–Trinajstić information content (AvgIpc) is 3.18. The molecule has 0 spiro atoms. The SMILES string of the molecule is Cn1ncc(N2CCC(CNC(=O)CN3C(=O)CNC3=O)C2)cc1=O. The second-order valence-electron chi connectivity index (χ2n) is 6.22. The molecule has 1 atom stereocenters. The Balaban J connectivity index is 1.47. The first-order valence-corrected chi connectivity index (χ1v) is 8.07. The zero-order valence-corrected chi connectivity index (χ0v) is 13.9. The number of aryl methyl sites for hydroxylation is 1. The topological polar surface area (TPSA) is 117 Å². The van der Waals surface area contributed by atoms with Gasteiger partial charge in [-0.2, -0.15) is 5.10 Å². The number of hydrogen-bond acceptors (Lipinski definition) is 6. The standard InChI is InChI=1S/C15H20N6O4/c1-19-13(23)4-11(6-18-19)20-3-2-10(8-20)5-16-12(22)9-21-14(24)7-17-15(21)25/h4,6,10H,2-3,5,7-9H2,1H3,(H,16,22)(H,17,25). The first kappa shape index (κ1) is 16.9. The van der Waals surface area contributed by atoms with Crippen molar-refractivity contribution in [2.45, 2.75) is 6.42 Å². The molecule has 25 heavy (non-hydrogen) atoms. The fourth-order valence-electron chi connectivity index (χ4n) is 2.94. The number of carbonyl (C=O) groups excluding carboxylic acids is 3. The van der Waals surface area contributed by atoms with Gasteiger partial charge in [-0.05, 0) is 12.3 Å². The fourth-order valence-corrected chi connectivity index (χ4v) is 2.94. The van der Waals surface area contributed by atoms with E-state index < -0.39 is 11.9 Å². The number of nitrogens with zero attached hydrogens (tertiary/aromatic N) is 4. The Morgan fingerprint density at radius 3 is 2.88 bits per heavy atom. The van der Waals surface area contributed by atoms with E-state index in [1.54, 1.807) is 19.3 Å². The normalized spacial score (nSPS) is 20.1. The Bertz CT molecular complexity index is 745. The Hall–Kier alpha value is -2.91. The quantitative estimate of drug-likeness (QED) is 0.611. The maximum absolute atomic E-state index is 11.9. The summed E-state index contributed by atoms with van der Waals surface area (Å²) in [5.74, 6) is -0.527. The summed E-state index contributed by atoms with van der Waals surface area (Å²) in [6.45, 7) is 1.62. The molecular weight excluding hydrogens is 328 g/mol. The van der Waals surface area contributed by atoms with Crippen molar-refractivity contribution in [2.75, 3.05) is 37.6 Å². The molecule has 1 aromatic rings. The van der Waals surface area contributed by atoms with Crippen molar-refractivity contribution in [2.24, 2.45) is 13.0 Å². The summed E-state index contributed by atoms with van der Waals surface area (Å²) in [5, 5.41) is 9.15. The summed E-state index contributed by atoms with van der Waals surface area (Å²) in [5.41, 5.74) is 0.610. The lowest BCUT2D eigenvalue weighted by Gasteiger charge is -2.18. The zero-order chi connectivity index (χ0) is 18.0. The van der Waals surface area contributed by atoms with Crippen LogP contribution in [0.1, 0.15) is 6.42 Å². The largest absolute Gasteiger partial charge is 0.370 e. The van der Waals surface area contributed by atoms with E-state index in [1.165, 1.54) is 4.68 Å². The third kappa shape index (κ3) is 3.78. The highest BCUT2D eigenvalue weighted by Gasteiger charge is 2.30. The zero-order valence-electron chi connectivity index (χ0n) is 13.9. The monoisotopic (exact) mass is 348 g/mol. The van der Waals surface area contributed by atoms with Crippen LogP contribution in [-0.2, 0) is 16.6 Å². The minimum Gasteiger partial charge on any atom is -0.370 e. The van der Waals surface area contributed by atoms with Gasteiger partial charge in [0.2, 0.25) is 5.91 Å². The van der Waals surface area contributed by atoms with Crippen LogP contribution in [-0.4, -0.2) is 65.2 Å². The number of imide groups is 1. The van der Waals surface area contributed by atoms with Crippen LogP contribution in [0.15, 0.2) is 17.1 Å². The number of hydrogen-bond donors (Lipinski definition) is 2. The highest BCUT2D eigenvalue weighted by molar-refractivity contribution is 6.04. The molecule has 1 unspecified atom stereocenters. The molecule has 0 saturated carbocycles. The highest BCUT2D eigenvalue weighted by atomic mass is 16.2. The van der Waals surface area contributed by atoms with Crippen LogP contribution in [0.3, 0.4) is 0 Å². The summed E-state index contributed by atoms with van der Waals surface area (Å²) in [6, 6.07) is 1.01. The molecule has 2 aliphatic rings. The predicted octanol–water partition coefficient (Wildman–Crippen LogP) is -1.73. The van der Waals surface area contributed by atoms with E-state index in [0.717, 1.165) is 23.6 Å². The van der Waals surface area contributed by atoms with Gasteiger partial charge in [0, 0.05) is 32.7 Å². The van der Waals surface area contributed by atoms with Crippen molar-refractivity contribution in [1.82, 2.24) is 25.3 Å². The van der Waals surface area contributed by atoms with Crippen LogP contribution in [0.25, 0.3) is 0 Å². The molecule has 4 amide bonds. The molecule has 10 nitrogen and oxygen atoms in total. The van der Waals surface area contributed by atoms with Crippen LogP contribution >= 0.6 is 0 Å². The van der Waals surface area contributed by atoms with Crippen molar-refractivity contribution in [3.8, 4) is 0 Å². The first-order valence-electron chi connectivity index (χ1n) is 8.07. The summed E-state index contributed by atoms with van der Waals surface area (Å²) in [7, 11) is 1.60. The average molecular weight is 348 g/mol. The van der Waals surface area contributed by atoms with Crippen molar-refractivity contribution in [3.05, 3.63) is 22.6 Å². The molecule has 3 rings (SSSR count). The maximum Gasteiger partial charge on any atom is 0.325 e. The fraction of sp³-hybridized carbons (Fsp3) is 0.533.